The summed E-state index contributed by atoms with van der Waals surface area (Å²) >= 11 is 7.73. The van der Waals surface area contributed by atoms with Crippen molar-refractivity contribution in [3.05, 3.63) is 0 Å². The Kier molecular flexibility index (Phi) is 13.0. The fourth-order valence-electron chi connectivity index (χ4n) is 2.01. The van der Waals surface area contributed by atoms with E-state index in [9.17, 15) is 19.2 Å². The average molecular weight is 395 g/mol. The lowest BCUT2D eigenvalue weighted by Crippen LogP contribution is -2.42. The van der Waals surface area contributed by atoms with E-state index >= 15 is 0 Å². The first-order valence-electron chi connectivity index (χ1n) is 8.07. The van der Waals surface area contributed by atoms with Crippen LogP contribution in [0.2, 0.25) is 0 Å². The summed E-state index contributed by atoms with van der Waals surface area (Å²) in [4.78, 5) is 44.7. The van der Waals surface area contributed by atoms with Gasteiger partial charge in [-0.05, 0) is 12.8 Å². The van der Waals surface area contributed by atoms with Crippen molar-refractivity contribution >= 4 is 49.0 Å². The van der Waals surface area contributed by atoms with Gasteiger partial charge in [0.15, 0.2) is 0 Å². The number of unbranched alkanes of at least 4 members (excludes halogenated alkanes) is 4. The van der Waals surface area contributed by atoms with Crippen molar-refractivity contribution in [1.82, 2.24) is 10.6 Å². The molecule has 0 bridgehead atoms. The fraction of sp³-hybridized carbons (Fsp3) is 0.733. The predicted molar refractivity (Wildman–Crippen MR) is 99.2 cm³/mol. The Labute approximate surface area is 157 Å². The number of hydrogen-bond acceptors (Lipinski definition) is 6. The minimum atomic E-state index is -1.11. The summed E-state index contributed by atoms with van der Waals surface area (Å²) in [6.45, 7) is 0. The molecule has 0 rings (SSSR count). The molecular weight excluding hydrogens is 368 g/mol. The molecule has 0 aliphatic rings. The van der Waals surface area contributed by atoms with Crippen molar-refractivity contribution in [2.45, 2.75) is 57.0 Å². The summed E-state index contributed by atoms with van der Waals surface area (Å²) < 4.78 is 0. The van der Waals surface area contributed by atoms with Crippen LogP contribution in [0, 0.1) is 0 Å². The lowest BCUT2D eigenvalue weighted by atomic mass is 10.1. The van der Waals surface area contributed by atoms with Crippen LogP contribution < -0.4 is 10.6 Å². The first-order valence-corrected chi connectivity index (χ1v) is 9.34. The third-order valence-corrected chi connectivity index (χ3v) is 4.17. The average Bonchev–Trinajstić information content (AvgIpc) is 2.55. The zero-order chi connectivity index (χ0) is 19.2. The fourth-order valence-corrected chi connectivity index (χ4v) is 2.50. The minimum absolute atomic E-state index is 0.0408. The topological polar surface area (TPSA) is 133 Å². The Hall–Kier alpha value is -1.42. The molecule has 2 atom stereocenters. The van der Waals surface area contributed by atoms with Gasteiger partial charge in [-0.15, -0.1) is 0 Å². The summed E-state index contributed by atoms with van der Waals surface area (Å²) in [5.41, 5.74) is 0. The Morgan fingerprint density at radius 2 is 1.00 bits per heavy atom. The summed E-state index contributed by atoms with van der Waals surface area (Å²) in [7, 11) is 0. The van der Waals surface area contributed by atoms with Crippen molar-refractivity contribution < 1.29 is 29.4 Å². The van der Waals surface area contributed by atoms with E-state index in [4.69, 9.17) is 10.2 Å². The first kappa shape index (κ1) is 23.6. The lowest BCUT2D eigenvalue weighted by molar-refractivity contribution is -0.141. The van der Waals surface area contributed by atoms with Crippen molar-refractivity contribution in [1.29, 1.82) is 0 Å². The number of aliphatic carboxylic acids is 2. The molecule has 0 spiro atoms. The van der Waals surface area contributed by atoms with Gasteiger partial charge < -0.3 is 20.8 Å². The highest BCUT2D eigenvalue weighted by Crippen LogP contribution is 2.08. The van der Waals surface area contributed by atoms with Crippen molar-refractivity contribution in [3.63, 3.8) is 0 Å². The number of carboxylic acid groups (broad SMARTS) is 2. The second-order valence-electron chi connectivity index (χ2n) is 5.55. The molecular formula is C15H26N2O6S2. The molecule has 144 valence electrons. The SMILES string of the molecule is O=C(CCCCCCCC(=O)N[C@@H](CS)C(=O)O)N[C@@H](CS)C(=O)O. The van der Waals surface area contributed by atoms with Gasteiger partial charge >= 0.3 is 11.9 Å². The van der Waals surface area contributed by atoms with Crippen LogP contribution in [0.1, 0.15) is 44.9 Å². The number of carbonyl (C=O) groups excluding carboxylic acids is 2. The van der Waals surface area contributed by atoms with Crippen LogP contribution in [-0.2, 0) is 19.2 Å². The highest BCUT2D eigenvalue weighted by Gasteiger charge is 2.18. The Balaban J connectivity index is 3.70. The number of hydrogen-bond donors (Lipinski definition) is 6. The van der Waals surface area contributed by atoms with Gasteiger partial charge in [-0.2, -0.15) is 25.3 Å². The maximum absolute atomic E-state index is 11.6. The molecule has 0 unspecified atom stereocenters. The van der Waals surface area contributed by atoms with E-state index in [1.165, 1.54) is 0 Å². The smallest absolute Gasteiger partial charge is 0.327 e. The van der Waals surface area contributed by atoms with Crippen LogP contribution in [0.15, 0.2) is 0 Å². The van der Waals surface area contributed by atoms with Gasteiger partial charge in [-0.1, -0.05) is 19.3 Å². The van der Waals surface area contributed by atoms with Crippen LogP contribution in [-0.4, -0.2) is 57.6 Å². The maximum Gasteiger partial charge on any atom is 0.327 e. The van der Waals surface area contributed by atoms with E-state index in [2.05, 4.69) is 35.9 Å². The van der Waals surface area contributed by atoms with Crippen molar-refractivity contribution in [3.8, 4) is 0 Å². The summed E-state index contributed by atoms with van der Waals surface area (Å²) in [6, 6.07) is -1.94. The first-order chi connectivity index (χ1) is 11.8. The Morgan fingerprint density at radius 3 is 1.28 bits per heavy atom. The normalized spacial score (nSPS) is 12.9. The van der Waals surface area contributed by atoms with Crippen LogP contribution in [0.4, 0.5) is 0 Å². The molecule has 0 radical (unpaired) electrons. The standard InChI is InChI=1S/C15H26N2O6S2/c18-12(16-10(8-24)14(20)21)6-4-2-1-3-5-7-13(19)17-11(9-25)15(22)23/h10-11,24-25H,1-9H2,(H,16,18)(H,17,19)(H,20,21)(H,22,23)/t10-,11-/m0/s1. The molecule has 0 aromatic carbocycles. The second kappa shape index (κ2) is 13.8. The van der Waals surface area contributed by atoms with E-state index in [1.807, 2.05) is 0 Å². The summed E-state index contributed by atoms with van der Waals surface area (Å²) in [6.07, 6.45) is 4.20. The van der Waals surface area contributed by atoms with Crippen molar-refractivity contribution in [2.75, 3.05) is 11.5 Å². The van der Waals surface area contributed by atoms with Gasteiger partial charge in [0.1, 0.15) is 12.1 Å². The van der Waals surface area contributed by atoms with E-state index in [0.29, 0.717) is 12.8 Å². The molecule has 0 saturated heterocycles. The predicted octanol–water partition coefficient (Wildman–Crippen LogP) is 0.715. The maximum atomic E-state index is 11.6. The Bertz CT molecular complexity index is 421. The zero-order valence-electron chi connectivity index (χ0n) is 13.9. The summed E-state index contributed by atoms with van der Waals surface area (Å²) in [5.74, 6) is -2.76. The van der Waals surface area contributed by atoms with Gasteiger partial charge in [0, 0.05) is 24.3 Å². The Morgan fingerprint density at radius 1 is 0.680 bits per heavy atom. The van der Waals surface area contributed by atoms with E-state index < -0.39 is 24.0 Å². The minimum Gasteiger partial charge on any atom is -0.480 e. The highest BCUT2D eigenvalue weighted by molar-refractivity contribution is 7.80. The lowest BCUT2D eigenvalue weighted by Gasteiger charge is -2.12. The third kappa shape index (κ3) is 11.7. The number of carbonyl (C=O) groups is 4. The van der Waals surface area contributed by atoms with Gasteiger partial charge in [0.05, 0.1) is 0 Å². The zero-order valence-corrected chi connectivity index (χ0v) is 15.7. The van der Waals surface area contributed by atoms with Gasteiger partial charge in [-0.25, -0.2) is 9.59 Å². The molecule has 8 nitrogen and oxygen atoms in total. The van der Waals surface area contributed by atoms with Crippen LogP contribution in [0.25, 0.3) is 0 Å². The number of amides is 2. The van der Waals surface area contributed by atoms with Gasteiger partial charge in [0.2, 0.25) is 11.8 Å². The molecule has 0 heterocycles. The van der Waals surface area contributed by atoms with Gasteiger partial charge in [-0.3, -0.25) is 9.59 Å². The molecule has 4 N–H and O–H groups in total. The number of rotatable bonds is 14. The van der Waals surface area contributed by atoms with Gasteiger partial charge in [0.25, 0.3) is 0 Å². The third-order valence-electron chi connectivity index (χ3n) is 3.44. The van der Waals surface area contributed by atoms with Crippen molar-refractivity contribution in [2.24, 2.45) is 0 Å². The van der Waals surface area contributed by atoms with Crippen LogP contribution in [0.5, 0.6) is 0 Å². The number of nitrogens with one attached hydrogen (secondary N) is 2. The second-order valence-corrected chi connectivity index (χ2v) is 6.28. The molecule has 0 aromatic heterocycles. The van der Waals surface area contributed by atoms with E-state index in [0.717, 1.165) is 19.3 Å². The highest BCUT2D eigenvalue weighted by atomic mass is 32.1. The molecule has 0 saturated carbocycles. The quantitative estimate of drug-likeness (QED) is 0.190. The van der Waals surface area contributed by atoms with Crippen LogP contribution in [0.3, 0.4) is 0 Å². The van der Waals surface area contributed by atoms with E-state index in [-0.39, 0.29) is 36.2 Å². The molecule has 0 fully saturated rings. The summed E-state index contributed by atoms with van der Waals surface area (Å²) in [5, 5.41) is 22.4. The molecule has 0 aliphatic heterocycles. The van der Waals surface area contributed by atoms with Crippen LogP contribution >= 0.6 is 25.3 Å². The molecule has 0 aliphatic carbocycles. The number of thiol groups is 2. The monoisotopic (exact) mass is 394 g/mol. The number of carboxylic acids is 2. The largest absolute Gasteiger partial charge is 0.480 e. The molecule has 25 heavy (non-hydrogen) atoms. The molecule has 0 aromatic rings. The molecule has 10 heteroatoms. The molecule has 2 amide bonds. The van der Waals surface area contributed by atoms with E-state index in [1.54, 1.807) is 0 Å².